The van der Waals surface area contributed by atoms with Crippen LogP contribution in [0.2, 0.25) is 0 Å². The highest BCUT2D eigenvalue weighted by molar-refractivity contribution is 5.90. The topological polar surface area (TPSA) is 89.6 Å². The van der Waals surface area contributed by atoms with Crippen LogP contribution < -0.4 is 15.5 Å². The Morgan fingerprint density at radius 2 is 1.65 bits per heavy atom. The number of aromatic nitrogens is 3. The van der Waals surface area contributed by atoms with Crippen molar-refractivity contribution >= 4 is 28.5 Å². The number of benzene rings is 1. The van der Waals surface area contributed by atoms with Crippen LogP contribution in [-0.2, 0) is 9.47 Å². The van der Waals surface area contributed by atoms with Crippen molar-refractivity contribution in [1.29, 1.82) is 0 Å². The fourth-order valence-corrected chi connectivity index (χ4v) is 4.26. The summed E-state index contributed by atoms with van der Waals surface area (Å²) in [5, 5.41) is 0.950. The van der Waals surface area contributed by atoms with Crippen LogP contribution >= 0.6 is 0 Å². The molecule has 2 fully saturated rings. The number of hydrogen-bond acceptors (Lipinski definition) is 8. The molecule has 0 aliphatic carbocycles. The SMILES string of the molecule is CC1COCCN1c1nc(N2CCOCC2C)c2ccc(-c3cccc(N)c3)nc2n1. The van der Waals surface area contributed by atoms with Gasteiger partial charge in [0.1, 0.15) is 5.82 Å². The number of fused-ring (bicyclic) bond motifs is 1. The van der Waals surface area contributed by atoms with Crippen LogP contribution in [0.5, 0.6) is 0 Å². The summed E-state index contributed by atoms with van der Waals surface area (Å²) in [6, 6.07) is 12.3. The molecular formula is C23H28N6O2. The van der Waals surface area contributed by atoms with Crippen molar-refractivity contribution in [2.75, 3.05) is 55.1 Å². The molecule has 31 heavy (non-hydrogen) atoms. The zero-order chi connectivity index (χ0) is 21.4. The first-order valence-electron chi connectivity index (χ1n) is 10.8. The molecule has 1 aromatic carbocycles. The van der Waals surface area contributed by atoms with Crippen molar-refractivity contribution in [3.05, 3.63) is 36.4 Å². The van der Waals surface area contributed by atoms with E-state index in [-0.39, 0.29) is 12.1 Å². The fourth-order valence-electron chi connectivity index (χ4n) is 4.26. The normalized spacial score (nSPS) is 22.1. The van der Waals surface area contributed by atoms with Gasteiger partial charge in [0, 0.05) is 24.3 Å². The second kappa shape index (κ2) is 8.28. The third kappa shape index (κ3) is 3.88. The lowest BCUT2D eigenvalue weighted by atomic mass is 10.1. The molecule has 0 saturated carbocycles. The monoisotopic (exact) mass is 420 g/mol. The van der Waals surface area contributed by atoms with E-state index in [4.69, 9.17) is 30.2 Å². The number of ether oxygens (including phenoxy) is 2. The van der Waals surface area contributed by atoms with Gasteiger partial charge in [-0.2, -0.15) is 9.97 Å². The van der Waals surface area contributed by atoms with Gasteiger partial charge in [0.15, 0.2) is 5.65 Å². The number of rotatable bonds is 3. The van der Waals surface area contributed by atoms with Gasteiger partial charge in [-0.1, -0.05) is 12.1 Å². The van der Waals surface area contributed by atoms with Crippen molar-refractivity contribution in [3.8, 4) is 11.3 Å². The van der Waals surface area contributed by atoms with Crippen LogP contribution in [0.4, 0.5) is 17.5 Å². The van der Waals surface area contributed by atoms with Crippen LogP contribution in [0.15, 0.2) is 36.4 Å². The van der Waals surface area contributed by atoms with Crippen molar-refractivity contribution in [1.82, 2.24) is 15.0 Å². The van der Waals surface area contributed by atoms with E-state index in [1.165, 1.54) is 0 Å². The van der Waals surface area contributed by atoms with E-state index >= 15 is 0 Å². The lowest BCUT2D eigenvalue weighted by Crippen LogP contribution is -2.46. The Bertz CT molecular complexity index is 1090. The van der Waals surface area contributed by atoms with Gasteiger partial charge in [0.25, 0.3) is 0 Å². The molecule has 8 nitrogen and oxygen atoms in total. The molecule has 2 atom stereocenters. The fraction of sp³-hybridized carbons (Fsp3) is 0.435. The van der Waals surface area contributed by atoms with Gasteiger partial charge in [0.2, 0.25) is 5.95 Å². The van der Waals surface area contributed by atoms with E-state index in [2.05, 4.69) is 29.7 Å². The maximum absolute atomic E-state index is 5.99. The Balaban J connectivity index is 1.66. The highest BCUT2D eigenvalue weighted by atomic mass is 16.5. The van der Waals surface area contributed by atoms with E-state index in [0.717, 1.165) is 35.6 Å². The number of anilines is 3. The highest BCUT2D eigenvalue weighted by Crippen LogP contribution is 2.31. The van der Waals surface area contributed by atoms with Gasteiger partial charge >= 0.3 is 0 Å². The molecule has 5 rings (SSSR count). The predicted octanol–water partition coefficient (Wildman–Crippen LogP) is 2.72. The number of nitrogens with two attached hydrogens (primary N) is 1. The number of pyridine rings is 1. The first-order valence-corrected chi connectivity index (χ1v) is 10.8. The molecule has 2 aliphatic rings. The molecule has 0 spiro atoms. The Kier molecular flexibility index (Phi) is 5.33. The van der Waals surface area contributed by atoms with Gasteiger partial charge in [-0.05, 0) is 38.1 Å². The van der Waals surface area contributed by atoms with Crippen molar-refractivity contribution < 1.29 is 9.47 Å². The maximum Gasteiger partial charge on any atom is 0.229 e. The van der Waals surface area contributed by atoms with Gasteiger partial charge in [0.05, 0.1) is 49.6 Å². The Morgan fingerprint density at radius 1 is 0.903 bits per heavy atom. The smallest absolute Gasteiger partial charge is 0.229 e. The number of nitrogen functional groups attached to an aromatic ring is 1. The zero-order valence-electron chi connectivity index (χ0n) is 18.0. The number of nitrogens with zero attached hydrogens (tertiary/aromatic N) is 5. The molecule has 2 saturated heterocycles. The summed E-state index contributed by atoms with van der Waals surface area (Å²) >= 11 is 0. The Hall–Kier alpha value is -2.97. The van der Waals surface area contributed by atoms with Crippen LogP contribution in [0, 0.1) is 0 Å². The summed E-state index contributed by atoms with van der Waals surface area (Å²) in [7, 11) is 0. The van der Waals surface area contributed by atoms with E-state index in [1.807, 2.05) is 30.3 Å². The van der Waals surface area contributed by atoms with E-state index < -0.39 is 0 Å². The highest BCUT2D eigenvalue weighted by Gasteiger charge is 2.27. The molecule has 2 unspecified atom stereocenters. The Morgan fingerprint density at radius 3 is 2.35 bits per heavy atom. The van der Waals surface area contributed by atoms with Crippen LogP contribution in [-0.4, -0.2) is 66.6 Å². The summed E-state index contributed by atoms with van der Waals surface area (Å²) in [6.07, 6.45) is 0. The minimum Gasteiger partial charge on any atom is -0.399 e. The molecule has 3 aromatic rings. The molecule has 2 aliphatic heterocycles. The predicted molar refractivity (Wildman–Crippen MR) is 122 cm³/mol. The van der Waals surface area contributed by atoms with E-state index in [0.29, 0.717) is 43.7 Å². The summed E-state index contributed by atoms with van der Waals surface area (Å²) < 4.78 is 11.3. The summed E-state index contributed by atoms with van der Waals surface area (Å²) in [4.78, 5) is 19.4. The van der Waals surface area contributed by atoms with Crippen LogP contribution in [0.1, 0.15) is 13.8 Å². The largest absolute Gasteiger partial charge is 0.399 e. The first-order chi connectivity index (χ1) is 15.1. The molecule has 2 aromatic heterocycles. The van der Waals surface area contributed by atoms with Gasteiger partial charge in [-0.15, -0.1) is 0 Å². The first kappa shape index (κ1) is 20.0. The average molecular weight is 421 g/mol. The average Bonchev–Trinajstić information content (AvgIpc) is 2.79. The van der Waals surface area contributed by atoms with Crippen molar-refractivity contribution in [2.24, 2.45) is 0 Å². The third-order valence-electron chi connectivity index (χ3n) is 5.97. The molecule has 0 bridgehead atoms. The van der Waals surface area contributed by atoms with Crippen molar-refractivity contribution in [2.45, 2.75) is 25.9 Å². The lowest BCUT2D eigenvalue weighted by molar-refractivity contribution is 0.0973. The number of morpholine rings is 2. The third-order valence-corrected chi connectivity index (χ3v) is 5.97. The molecule has 2 N–H and O–H groups in total. The van der Waals surface area contributed by atoms with Gasteiger partial charge in [-0.3, -0.25) is 0 Å². The summed E-state index contributed by atoms with van der Waals surface area (Å²) in [6.45, 7) is 8.58. The zero-order valence-corrected chi connectivity index (χ0v) is 18.0. The van der Waals surface area contributed by atoms with E-state index in [1.54, 1.807) is 0 Å². The number of hydrogen-bond donors (Lipinski definition) is 1. The second-order valence-corrected chi connectivity index (χ2v) is 8.27. The molecular weight excluding hydrogens is 392 g/mol. The lowest BCUT2D eigenvalue weighted by Gasteiger charge is -2.37. The molecule has 162 valence electrons. The molecule has 0 amide bonds. The summed E-state index contributed by atoms with van der Waals surface area (Å²) in [5.41, 5.74) is 9.22. The van der Waals surface area contributed by atoms with E-state index in [9.17, 15) is 0 Å². The molecule has 0 radical (unpaired) electrons. The Labute approximate surface area is 182 Å². The second-order valence-electron chi connectivity index (χ2n) is 8.27. The minimum atomic E-state index is 0.207. The molecule has 8 heteroatoms. The standard InChI is InChI=1S/C23H28N6O2/c1-15-13-30-10-8-28(15)22-19-6-7-20(17-4-3-5-18(24)12-17)25-21(19)26-23(27-22)29-9-11-31-14-16(29)2/h3-7,12,15-16H,8-11,13-14,24H2,1-2H3. The minimum absolute atomic E-state index is 0.207. The van der Waals surface area contributed by atoms with Crippen LogP contribution in [0.3, 0.4) is 0 Å². The van der Waals surface area contributed by atoms with Gasteiger partial charge in [-0.25, -0.2) is 4.98 Å². The molecule has 4 heterocycles. The van der Waals surface area contributed by atoms with Crippen molar-refractivity contribution in [3.63, 3.8) is 0 Å². The summed E-state index contributed by atoms with van der Waals surface area (Å²) in [5.74, 6) is 1.62. The quantitative estimate of drug-likeness (QED) is 0.647. The van der Waals surface area contributed by atoms with Gasteiger partial charge < -0.3 is 25.0 Å². The maximum atomic E-state index is 5.99. The van der Waals surface area contributed by atoms with Crippen LogP contribution in [0.25, 0.3) is 22.3 Å².